The summed E-state index contributed by atoms with van der Waals surface area (Å²) >= 11 is 12.4. The average Bonchev–Trinajstić information content (AvgIpc) is 2.59. The smallest absolute Gasteiger partial charge is 0.163 e. The van der Waals surface area contributed by atoms with E-state index in [0.717, 1.165) is 11.1 Å². The maximum absolute atomic E-state index is 9.33. The van der Waals surface area contributed by atoms with Gasteiger partial charge in [0.25, 0.3) is 0 Å². The molecule has 0 atom stereocenters. The summed E-state index contributed by atoms with van der Waals surface area (Å²) in [4.78, 5) is 0. The number of methoxy groups -OCH3 is 1. The Kier molecular flexibility index (Phi) is 6.96. The lowest BCUT2D eigenvalue weighted by atomic mass is 10.1. The Balaban J connectivity index is 2.12. The van der Waals surface area contributed by atoms with Crippen LogP contribution in [0.4, 0.5) is 0 Å². The third kappa shape index (κ3) is 5.79. The molecule has 0 aliphatic carbocycles. The van der Waals surface area contributed by atoms with Gasteiger partial charge < -0.3 is 19.9 Å². The minimum absolute atomic E-state index is 0.0303. The lowest BCUT2D eigenvalue weighted by molar-refractivity contribution is 0.187. The van der Waals surface area contributed by atoms with Gasteiger partial charge in [0.15, 0.2) is 11.5 Å². The van der Waals surface area contributed by atoms with Gasteiger partial charge in [-0.25, -0.2) is 0 Å². The lowest BCUT2D eigenvalue weighted by Crippen LogP contribution is -2.42. The van der Waals surface area contributed by atoms with Crippen molar-refractivity contribution < 1.29 is 14.6 Å². The molecule has 136 valence electrons. The van der Waals surface area contributed by atoms with Crippen molar-refractivity contribution in [1.82, 2.24) is 5.32 Å². The van der Waals surface area contributed by atoms with Gasteiger partial charge in [-0.2, -0.15) is 0 Å². The molecule has 0 heterocycles. The van der Waals surface area contributed by atoms with E-state index < -0.39 is 5.54 Å². The normalized spacial score (nSPS) is 11.4. The summed E-state index contributed by atoms with van der Waals surface area (Å²) in [6, 6.07) is 11.1. The second-order valence-corrected chi connectivity index (χ2v) is 7.25. The Morgan fingerprint density at radius 3 is 2.52 bits per heavy atom. The molecule has 2 aromatic carbocycles. The van der Waals surface area contributed by atoms with Gasteiger partial charge in [0.2, 0.25) is 0 Å². The first-order valence-electron chi connectivity index (χ1n) is 7.94. The van der Waals surface area contributed by atoms with E-state index in [1.165, 1.54) is 0 Å². The predicted molar refractivity (Wildman–Crippen MR) is 102 cm³/mol. The van der Waals surface area contributed by atoms with Crippen molar-refractivity contribution in [3.05, 3.63) is 57.6 Å². The fourth-order valence-corrected chi connectivity index (χ4v) is 2.60. The van der Waals surface area contributed by atoms with Gasteiger partial charge in [-0.1, -0.05) is 35.3 Å². The number of hydrogen-bond acceptors (Lipinski definition) is 4. The van der Waals surface area contributed by atoms with Crippen molar-refractivity contribution in [1.29, 1.82) is 0 Å². The molecular weight excluding hydrogens is 361 g/mol. The Bertz CT molecular complexity index is 720. The number of aliphatic hydroxyl groups is 1. The van der Waals surface area contributed by atoms with E-state index >= 15 is 0 Å². The summed E-state index contributed by atoms with van der Waals surface area (Å²) in [5.74, 6) is 1.17. The first kappa shape index (κ1) is 19.9. The first-order chi connectivity index (χ1) is 11.8. The van der Waals surface area contributed by atoms with Gasteiger partial charge in [0.1, 0.15) is 6.61 Å². The van der Waals surface area contributed by atoms with Gasteiger partial charge in [-0.15, -0.1) is 0 Å². The van der Waals surface area contributed by atoms with E-state index in [-0.39, 0.29) is 6.61 Å². The second-order valence-electron chi connectivity index (χ2n) is 6.41. The van der Waals surface area contributed by atoms with Crippen LogP contribution in [0.25, 0.3) is 0 Å². The van der Waals surface area contributed by atoms with Gasteiger partial charge in [0, 0.05) is 28.2 Å². The monoisotopic (exact) mass is 383 g/mol. The van der Waals surface area contributed by atoms with Crippen LogP contribution in [0, 0.1) is 0 Å². The fourth-order valence-electron chi connectivity index (χ4n) is 2.16. The van der Waals surface area contributed by atoms with Gasteiger partial charge in [0.05, 0.1) is 13.7 Å². The summed E-state index contributed by atoms with van der Waals surface area (Å²) < 4.78 is 11.3. The van der Waals surface area contributed by atoms with Crippen molar-refractivity contribution in [3.8, 4) is 11.5 Å². The second kappa shape index (κ2) is 8.77. The van der Waals surface area contributed by atoms with Crippen molar-refractivity contribution in [2.45, 2.75) is 32.5 Å². The Morgan fingerprint density at radius 2 is 1.88 bits per heavy atom. The van der Waals surface area contributed by atoms with Crippen LogP contribution in [-0.2, 0) is 13.2 Å². The zero-order chi connectivity index (χ0) is 18.4. The number of aliphatic hydroxyl groups excluding tert-OH is 1. The molecule has 0 aliphatic rings. The van der Waals surface area contributed by atoms with E-state index in [2.05, 4.69) is 5.32 Å². The fraction of sp³-hybridized carbons (Fsp3) is 0.368. The van der Waals surface area contributed by atoms with Crippen LogP contribution in [0.2, 0.25) is 10.0 Å². The third-order valence-electron chi connectivity index (χ3n) is 3.77. The molecule has 2 rings (SSSR count). The molecule has 0 spiro atoms. The largest absolute Gasteiger partial charge is 0.493 e. The Morgan fingerprint density at radius 1 is 1.12 bits per heavy atom. The van der Waals surface area contributed by atoms with Gasteiger partial charge >= 0.3 is 0 Å². The molecule has 0 aromatic heterocycles. The number of halogens is 2. The highest BCUT2D eigenvalue weighted by Gasteiger charge is 2.17. The zero-order valence-corrected chi connectivity index (χ0v) is 16.1. The predicted octanol–water partition coefficient (Wildman–Crippen LogP) is 4.44. The molecule has 2 N–H and O–H groups in total. The number of nitrogens with one attached hydrogen (secondary N) is 1. The minimum Gasteiger partial charge on any atom is -0.493 e. The van der Waals surface area contributed by atoms with Crippen LogP contribution in [0.3, 0.4) is 0 Å². The van der Waals surface area contributed by atoms with E-state index in [9.17, 15) is 5.11 Å². The summed E-state index contributed by atoms with van der Waals surface area (Å²) in [7, 11) is 1.59. The lowest BCUT2D eigenvalue weighted by Gasteiger charge is -2.24. The standard InChI is InChI=1S/C19H23Cl2NO3/c1-19(2,12-23)22-10-14-8-17(24-3)18(9-16(14)21)25-11-13-5-4-6-15(20)7-13/h4-9,22-23H,10-12H2,1-3H3. The third-order valence-corrected chi connectivity index (χ3v) is 4.36. The van der Waals surface area contributed by atoms with E-state index in [1.807, 2.05) is 44.2 Å². The van der Waals surface area contributed by atoms with Crippen molar-refractivity contribution >= 4 is 23.2 Å². The SMILES string of the molecule is COc1cc(CNC(C)(C)CO)c(Cl)cc1OCc1cccc(Cl)c1. The molecule has 6 heteroatoms. The maximum Gasteiger partial charge on any atom is 0.163 e. The number of benzene rings is 2. The highest BCUT2D eigenvalue weighted by atomic mass is 35.5. The molecule has 2 aromatic rings. The molecule has 25 heavy (non-hydrogen) atoms. The molecule has 0 radical (unpaired) electrons. The zero-order valence-electron chi connectivity index (χ0n) is 14.6. The Hall–Kier alpha value is -1.46. The van der Waals surface area contributed by atoms with Gasteiger partial charge in [-0.05, 0) is 43.2 Å². The number of hydrogen-bond donors (Lipinski definition) is 2. The van der Waals surface area contributed by atoms with Crippen LogP contribution >= 0.6 is 23.2 Å². The molecule has 0 amide bonds. The quantitative estimate of drug-likeness (QED) is 0.707. The summed E-state index contributed by atoms with van der Waals surface area (Å²) in [5, 5.41) is 13.8. The Labute approximate surface area is 158 Å². The molecule has 0 saturated carbocycles. The number of ether oxygens (including phenoxy) is 2. The van der Waals surface area contributed by atoms with E-state index in [4.69, 9.17) is 32.7 Å². The van der Waals surface area contributed by atoms with Crippen molar-refractivity contribution in [3.63, 3.8) is 0 Å². The van der Waals surface area contributed by atoms with Crippen LogP contribution in [0.15, 0.2) is 36.4 Å². The van der Waals surface area contributed by atoms with E-state index in [1.54, 1.807) is 13.2 Å². The van der Waals surface area contributed by atoms with Crippen LogP contribution in [0.5, 0.6) is 11.5 Å². The maximum atomic E-state index is 9.33. The molecular formula is C19H23Cl2NO3. The number of rotatable bonds is 8. The molecule has 0 aliphatic heterocycles. The first-order valence-corrected chi connectivity index (χ1v) is 8.70. The van der Waals surface area contributed by atoms with Gasteiger partial charge in [-0.3, -0.25) is 0 Å². The highest BCUT2D eigenvalue weighted by molar-refractivity contribution is 6.31. The molecule has 0 bridgehead atoms. The summed E-state index contributed by atoms with van der Waals surface area (Å²) in [5.41, 5.74) is 1.44. The van der Waals surface area contributed by atoms with Crippen molar-refractivity contribution in [2.75, 3.05) is 13.7 Å². The van der Waals surface area contributed by atoms with E-state index in [0.29, 0.717) is 34.7 Å². The molecule has 0 saturated heterocycles. The molecule has 0 fully saturated rings. The molecule has 4 nitrogen and oxygen atoms in total. The summed E-state index contributed by atoms with van der Waals surface area (Å²) in [6.07, 6.45) is 0. The van der Waals surface area contributed by atoms with Crippen LogP contribution in [0.1, 0.15) is 25.0 Å². The summed E-state index contributed by atoms with van der Waals surface area (Å²) in [6.45, 7) is 4.74. The topological polar surface area (TPSA) is 50.7 Å². The average molecular weight is 384 g/mol. The van der Waals surface area contributed by atoms with Crippen molar-refractivity contribution in [2.24, 2.45) is 0 Å². The minimum atomic E-state index is -0.391. The highest BCUT2D eigenvalue weighted by Crippen LogP contribution is 2.34. The molecule has 0 unspecified atom stereocenters. The van der Waals surface area contributed by atoms with Crippen LogP contribution < -0.4 is 14.8 Å². The van der Waals surface area contributed by atoms with Crippen LogP contribution in [-0.4, -0.2) is 24.4 Å².